The Hall–Kier alpha value is -3.30. The molecule has 4 rings (SSSR count). The van der Waals surface area contributed by atoms with E-state index >= 15 is 0 Å². The number of furan rings is 1. The molecule has 0 radical (unpaired) electrons. The van der Waals surface area contributed by atoms with Crippen molar-refractivity contribution < 1.29 is 4.42 Å². The Balaban J connectivity index is 1.66. The Bertz CT molecular complexity index is 1110. The molecule has 1 atom stereocenters. The molecule has 144 valence electrons. The van der Waals surface area contributed by atoms with E-state index in [1.807, 2.05) is 59.2 Å². The van der Waals surface area contributed by atoms with Gasteiger partial charge in [0.2, 0.25) is 0 Å². The van der Waals surface area contributed by atoms with Crippen LogP contribution in [0.1, 0.15) is 16.9 Å². The van der Waals surface area contributed by atoms with Gasteiger partial charge in [0, 0.05) is 5.56 Å². The molecular formula is C23H20N4OS. The second kappa shape index (κ2) is 8.80. The molecule has 0 saturated carbocycles. The zero-order valence-corrected chi connectivity index (χ0v) is 16.8. The molecule has 0 saturated heterocycles. The van der Waals surface area contributed by atoms with Gasteiger partial charge in [-0.1, -0.05) is 65.9 Å². The topological polar surface area (TPSA) is 67.6 Å². The van der Waals surface area contributed by atoms with E-state index in [9.17, 15) is 5.26 Å². The average molecular weight is 401 g/mol. The van der Waals surface area contributed by atoms with Crippen LogP contribution in [0.3, 0.4) is 0 Å². The molecule has 0 aliphatic carbocycles. The third-order valence-corrected chi connectivity index (χ3v) is 5.61. The summed E-state index contributed by atoms with van der Waals surface area (Å²) >= 11 is 1.44. The van der Waals surface area contributed by atoms with Crippen LogP contribution in [0.15, 0.2) is 82.6 Å². The first-order valence-electron chi connectivity index (χ1n) is 9.36. The smallest absolute Gasteiger partial charge is 0.193 e. The second-order valence-electron chi connectivity index (χ2n) is 6.77. The highest BCUT2D eigenvalue weighted by molar-refractivity contribution is 8.00. The number of rotatable bonds is 7. The lowest BCUT2D eigenvalue weighted by Gasteiger charge is -2.12. The predicted octanol–water partition coefficient (Wildman–Crippen LogP) is 5.12. The van der Waals surface area contributed by atoms with Crippen LogP contribution < -0.4 is 0 Å². The lowest BCUT2D eigenvalue weighted by atomic mass is 10.1. The van der Waals surface area contributed by atoms with Crippen LogP contribution in [0.5, 0.6) is 0 Å². The molecule has 29 heavy (non-hydrogen) atoms. The number of aromatic nitrogens is 3. The van der Waals surface area contributed by atoms with Crippen molar-refractivity contribution in [3.63, 3.8) is 0 Å². The number of aryl methyl sites for hydroxylation is 1. The SMILES string of the molecule is Cc1cccc(-c2nnc(S[C@@H](C#N)Cc3ccccc3)n2Cc2ccco2)c1. The summed E-state index contributed by atoms with van der Waals surface area (Å²) in [5, 5.41) is 19.0. The highest BCUT2D eigenvalue weighted by Crippen LogP contribution is 2.29. The van der Waals surface area contributed by atoms with E-state index < -0.39 is 0 Å². The van der Waals surface area contributed by atoms with E-state index in [4.69, 9.17) is 4.42 Å². The molecule has 0 fully saturated rings. The average Bonchev–Trinajstić information content (AvgIpc) is 3.39. The van der Waals surface area contributed by atoms with E-state index in [1.54, 1.807) is 6.26 Å². The second-order valence-corrected chi connectivity index (χ2v) is 7.94. The third-order valence-electron chi connectivity index (χ3n) is 4.54. The number of hydrogen-bond donors (Lipinski definition) is 0. The molecule has 2 aromatic heterocycles. The van der Waals surface area contributed by atoms with Crippen molar-refractivity contribution in [1.82, 2.24) is 14.8 Å². The van der Waals surface area contributed by atoms with Crippen molar-refractivity contribution in [1.29, 1.82) is 5.26 Å². The maximum absolute atomic E-state index is 9.71. The molecule has 2 heterocycles. The summed E-state index contributed by atoms with van der Waals surface area (Å²) in [5.41, 5.74) is 3.28. The van der Waals surface area contributed by atoms with Gasteiger partial charge in [0.1, 0.15) is 11.0 Å². The van der Waals surface area contributed by atoms with Crippen LogP contribution >= 0.6 is 11.8 Å². The van der Waals surface area contributed by atoms with Crippen molar-refractivity contribution in [2.45, 2.75) is 30.3 Å². The molecule has 0 aliphatic heterocycles. The van der Waals surface area contributed by atoms with Crippen molar-refractivity contribution >= 4 is 11.8 Å². The number of benzene rings is 2. The molecule has 5 nitrogen and oxygen atoms in total. The number of nitrogens with zero attached hydrogens (tertiary/aromatic N) is 4. The van der Waals surface area contributed by atoms with Gasteiger partial charge >= 0.3 is 0 Å². The zero-order chi connectivity index (χ0) is 20.1. The first kappa shape index (κ1) is 19.0. The minimum Gasteiger partial charge on any atom is -0.467 e. The van der Waals surface area contributed by atoms with E-state index in [1.165, 1.54) is 11.8 Å². The molecule has 4 aromatic rings. The Morgan fingerprint density at radius 1 is 1.07 bits per heavy atom. The van der Waals surface area contributed by atoms with E-state index in [-0.39, 0.29) is 5.25 Å². The summed E-state index contributed by atoms with van der Waals surface area (Å²) in [4.78, 5) is 0. The van der Waals surface area contributed by atoms with Gasteiger partial charge in [0.25, 0.3) is 0 Å². The van der Waals surface area contributed by atoms with Gasteiger partial charge in [-0.25, -0.2) is 0 Å². The van der Waals surface area contributed by atoms with Gasteiger partial charge in [0.05, 0.1) is 18.9 Å². The predicted molar refractivity (Wildman–Crippen MR) is 113 cm³/mol. The minimum absolute atomic E-state index is 0.262. The molecular weight excluding hydrogens is 380 g/mol. The fourth-order valence-electron chi connectivity index (χ4n) is 3.14. The molecule has 6 heteroatoms. The fourth-order valence-corrected chi connectivity index (χ4v) is 4.09. The molecule has 0 aliphatic rings. The van der Waals surface area contributed by atoms with Crippen LogP contribution in [0, 0.1) is 18.3 Å². The Morgan fingerprint density at radius 3 is 2.66 bits per heavy atom. The fraction of sp³-hybridized carbons (Fsp3) is 0.174. The molecule has 2 aromatic carbocycles. The summed E-state index contributed by atoms with van der Waals surface area (Å²) in [6.45, 7) is 2.56. The highest BCUT2D eigenvalue weighted by atomic mass is 32.2. The van der Waals surface area contributed by atoms with Crippen molar-refractivity contribution in [2.75, 3.05) is 0 Å². The summed E-state index contributed by atoms with van der Waals surface area (Å²) in [6, 6.07) is 24.4. The summed E-state index contributed by atoms with van der Waals surface area (Å²) in [5.74, 6) is 1.58. The standard InChI is InChI=1S/C23H20N4OS/c1-17-7-5-10-19(13-17)22-25-26-23(27(22)16-20-11-6-12-28-20)29-21(15-24)14-18-8-3-2-4-9-18/h2-13,21H,14,16H2,1H3/t21-/m1/s1. The zero-order valence-electron chi connectivity index (χ0n) is 16.0. The lowest BCUT2D eigenvalue weighted by Crippen LogP contribution is -2.08. The number of hydrogen-bond acceptors (Lipinski definition) is 5. The highest BCUT2D eigenvalue weighted by Gasteiger charge is 2.20. The van der Waals surface area contributed by atoms with Crippen molar-refractivity contribution in [3.05, 3.63) is 89.9 Å². The number of thioether (sulfide) groups is 1. The number of nitriles is 1. The van der Waals surface area contributed by atoms with Crippen molar-refractivity contribution in [2.24, 2.45) is 0 Å². The summed E-state index contributed by atoms with van der Waals surface area (Å²) < 4.78 is 7.57. The molecule has 0 bridgehead atoms. The maximum Gasteiger partial charge on any atom is 0.193 e. The Labute approximate surface area is 174 Å². The quantitative estimate of drug-likeness (QED) is 0.403. The summed E-state index contributed by atoms with van der Waals surface area (Å²) in [7, 11) is 0. The summed E-state index contributed by atoms with van der Waals surface area (Å²) in [6.07, 6.45) is 2.31. The maximum atomic E-state index is 9.71. The third kappa shape index (κ3) is 4.58. The van der Waals surface area contributed by atoms with E-state index in [2.05, 4.69) is 35.3 Å². The molecule has 0 N–H and O–H groups in total. The van der Waals surface area contributed by atoms with Gasteiger partial charge in [-0.2, -0.15) is 5.26 Å². The van der Waals surface area contributed by atoms with Crippen LogP contribution in [0.4, 0.5) is 0 Å². The normalized spacial score (nSPS) is 11.9. The van der Waals surface area contributed by atoms with Gasteiger partial charge in [-0.15, -0.1) is 10.2 Å². The van der Waals surface area contributed by atoms with Crippen LogP contribution in [0.2, 0.25) is 0 Å². The first-order valence-corrected chi connectivity index (χ1v) is 10.2. The Morgan fingerprint density at radius 2 is 1.93 bits per heavy atom. The van der Waals surface area contributed by atoms with E-state index in [0.29, 0.717) is 18.1 Å². The van der Waals surface area contributed by atoms with Crippen LogP contribution in [0.25, 0.3) is 11.4 Å². The monoisotopic (exact) mass is 400 g/mol. The van der Waals surface area contributed by atoms with Crippen LogP contribution in [-0.4, -0.2) is 20.0 Å². The molecule has 0 spiro atoms. The first-order chi connectivity index (χ1) is 14.2. The van der Waals surface area contributed by atoms with E-state index in [0.717, 1.165) is 28.3 Å². The largest absolute Gasteiger partial charge is 0.467 e. The van der Waals surface area contributed by atoms with Gasteiger partial charge in [-0.05, 0) is 37.1 Å². The lowest BCUT2D eigenvalue weighted by molar-refractivity contribution is 0.485. The van der Waals surface area contributed by atoms with Crippen molar-refractivity contribution in [3.8, 4) is 17.5 Å². The minimum atomic E-state index is -0.262. The van der Waals surface area contributed by atoms with Gasteiger partial charge < -0.3 is 4.42 Å². The Kier molecular flexibility index (Phi) is 5.78. The van der Waals surface area contributed by atoms with Gasteiger partial charge in [-0.3, -0.25) is 4.57 Å². The molecule has 0 amide bonds. The van der Waals surface area contributed by atoms with Gasteiger partial charge in [0.15, 0.2) is 11.0 Å². The molecule has 0 unspecified atom stereocenters. The van der Waals surface area contributed by atoms with Crippen LogP contribution in [-0.2, 0) is 13.0 Å².